The zero-order chi connectivity index (χ0) is 13.2. The Labute approximate surface area is 120 Å². The average Bonchev–Trinajstić information content (AvgIpc) is 2.84. The molecule has 0 aliphatic carbocycles. The Balaban J connectivity index is 1.96. The highest BCUT2D eigenvalue weighted by atomic mass is 35.5. The first-order valence-corrected chi connectivity index (χ1v) is 6.64. The summed E-state index contributed by atoms with van der Waals surface area (Å²) in [7, 11) is 0. The summed E-state index contributed by atoms with van der Waals surface area (Å²) in [4.78, 5) is 12.3. The smallest absolute Gasteiger partial charge is 0.182 e. The molecule has 0 spiro atoms. The number of hydrogen-bond acceptors (Lipinski definition) is 3. The zero-order valence-electron chi connectivity index (χ0n) is 9.92. The van der Waals surface area contributed by atoms with E-state index in [1.807, 2.05) is 28.8 Å². The van der Waals surface area contributed by atoms with Crippen molar-refractivity contribution in [3.63, 3.8) is 0 Å². The third-order valence-corrected chi connectivity index (χ3v) is 3.48. The highest BCUT2D eigenvalue weighted by molar-refractivity contribution is 6.33. The van der Waals surface area contributed by atoms with Crippen molar-refractivity contribution in [2.45, 2.75) is 12.4 Å². The number of benzene rings is 1. The Morgan fingerprint density at radius 1 is 1.00 bits per heavy atom. The molecule has 96 valence electrons. The fraction of sp³-hybridized carbons (Fsp3) is 0.154. The highest BCUT2D eigenvalue weighted by Gasteiger charge is 2.09. The third kappa shape index (κ3) is 2.41. The summed E-state index contributed by atoms with van der Waals surface area (Å²) in [6.45, 7) is 0.673. The molecule has 2 aromatic heterocycles. The molecule has 0 bridgehead atoms. The minimum Gasteiger partial charge on any atom is -0.322 e. The van der Waals surface area contributed by atoms with Crippen molar-refractivity contribution in [1.82, 2.24) is 19.5 Å². The third-order valence-electron chi connectivity index (χ3n) is 2.90. The number of nitrogens with zero attached hydrogens (tertiary/aromatic N) is 4. The maximum absolute atomic E-state index is 6.09. The number of halogens is 2. The largest absolute Gasteiger partial charge is 0.322 e. The van der Waals surface area contributed by atoms with Crippen LogP contribution < -0.4 is 0 Å². The molecule has 3 aromatic rings. The van der Waals surface area contributed by atoms with Gasteiger partial charge in [0.1, 0.15) is 11.8 Å². The Morgan fingerprint density at radius 3 is 2.47 bits per heavy atom. The van der Waals surface area contributed by atoms with Crippen LogP contribution in [0.3, 0.4) is 0 Å². The minimum absolute atomic E-state index is 0.417. The molecule has 0 atom stereocenters. The number of alkyl halides is 1. The molecule has 0 aliphatic heterocycles. The monoisotopic (exact) mass is 292 g/mol. The van der Waals surface area contributed by atoms with Gasteiger partial charge in [0, 0.05) is 12.4 Å². The average molecular weight is 293 g/mol. The Morgan fingerprint density at radius 2 is 1.74 bits per heavy atom. The molecule has 19 heavy (non-hydrogen) atoms. The number of hydrogen-bond donors (Lipinski definition) is 0. The quantitative estimate of drug-likeness (QED) is 0.550. The van der Waals surface area contributed by atoms with Crippen molar-refractivity contribution >= 4 is 34.4 Å². The zero-order valence-corrected chi connectivity index (χ0v) is 11.4. The lowest BCUT2D eigenvalue weighted by molar-refractivity contribution is 0.822. The lowest BCUT2D eigenvalue weighted by Gasteiger charge is -2.05. The van der Waals surface area contributed by atoms with Crippen LogP contribution in [-0.2, 0) is 12.4 Å². The van der Waals surface area contributed by atoms with Gasteiger partial charge in [0.05, 0.1) is 6.33 Å². The van der Waals surface area contributed by atoms with Gasteiger partial charge in [-0.3, -0.25) is 0 Å². The van der Waals surface area contributed by atoms with Crippen LogP contribution in [0, 0.1) is 0 Å². The summed E-state index contributed by atoms with van der Waals surface area (Å²) in [5.41, 5.74) is 3.61. The summed E-state index contributed by atoms with van der Waals surface area (Å²) >= 11 is 11.9. The molecule has 1 aromatic carbocycles. The summed E-state index contributed by atoms with van der Waals surface area (Å²) < 4.78 is 1.94. The first-order chi connectivity index (χ1) is 9.28. The van der Waals surface area contributed by atoms with Gasteiger partial charge in [-0.1, -0.05) is 35.9 Å². The number of rotatable bonds is 3. The predicted molar refractivity (Wildman–Crippen MR) is 75.4 cm³/mol. The van der Waals surface area contributed by atoms with Gasteiger partial charge in [0.2, 0.25) is 0 Å². The molecule has 0 aliphatic rings. The standard InChI is InChI=1S/C13H10Cl2N4/c14-5-9-1-3-10(4-2-9)6-19-8-18-13-11(19)12(15)16-7-17-13/h1-4,7-8H,5-6H2. The maximum atomic E-state index is 6.09. The summed E-state index contributed by atoms with van der Waals surface area (Å²) in [6, 6.07) is 8.11. The molecule has 0 fully saturated rings. The van der Waals surface area contributed by atoms with E-state index in [0.29, 0.717) is 23.2 Å². The molecule has 0 radical (unpaired) electrons. The van der Waals surface area contributed by atoms with E-state index in [1.165, 1.54) is 6.33 Å². The van der Waals surface area contributed by atoms with Crippen LogP contribution in [0.2, 0.25) is 5.15 Å². The van der Waals surface area contributed by atoms with E-state index in [0.717, 1.165) is 16.6 Å². The molecular weight excluding hydrogens is 283 g/mol. The van der Waals surface area contributed by atoms with Crippen molar-refractivity contribution in [3.05, 3.63) is 53.2 Å². The molecule has 2 heterocycles. The van der Waals surface area contributed by atoms with E-state index in [9.17, 15) is 0 Å². The van der Waals surface area contributed by atoms with Crippen LogP contribution >= 0.6 is 23.2 Å². The summed E-state index contributed by atoms with van der Waals surface area (Å²) in [6.07, 6.45) is 3.14. The van der Waals surface area contributed by atoms with Crippen LogP contribution in [0.25, 0.3) is 11.2 Å². The van der Waals surface area contributed by atoms with Gasteiger partial charge in [-0.2, -0.15) is 0 Å². The van der Waals surface area contributed by atoms with Crippen molar-refractivity contribution in [2.24, 2.45) is 0 Å². The molecule has 0 saturated carbocycles. The van der Waals surface area contributed by atoms with E-state index in [2.05, 4.69) is 15.0 Å². The second-order valence-electron chi connectivity index (χ2n) is 4.16. The fourth-order valence-electron chi connectivity index (χ4n) is 1.92. The van der Waals surface area contributed by atoms with Crippen molar-refractivity contribution < 1.29 is 0 Å². The Kier molecular flexibility index (Phi) is 3.36. The highest BCUT2D eigenvalue weighted by Crippen LogP contribution is 2.19. The van der Waals surface area contributed by atoms with Gasteiger partial charge < -0.3 is 4.57 Å². The Hall–Kier alpha value is -1.65. The summed E-state index contributed by atoms with van der Waals surface area (Å²) in [5, 5.41) is 0.417. The van der Waals surface area contributed by atoms with Crippen molar-refractivity contribution in [3.8, 4) is 0 Å². The molecule has 6 heteroatoms. The predicted octanol–water partition coefficient (Wildman–Crippen LogP) is 3.27. The second kappa shape index (κ2) is 5.15. The maximum Gasteiger partial charge on any atom is 0.182 e. The number of imidazole rings is 1. The fourth-order valence-corrected chi connectivity index (χ4v) is 2.34. The van der Waals surface area contributed by atoms with E-state index in [-0.39, 0.29) is 0 Å². The molecule has 0 N–H and O–H groups in total. The lowest BCUT2D eigenvalue weighted by Crippen LogP contribution is -1.99. The topological polar surface area (TPSA) is 43.6 Å². The summed E-state index contributed by atoms with van der Waals surface area (Å²) in [5.74, 6) is 0.522. The van der Waals surface area contributed by atoms with Crippen LogP contribution in [0.1, 0.15) is 11.1 Å². The molecule has 0 saturated heterocycles. The lowest BCUT2D eigenvalue weighted by atomic mass is 10.1. The van der Waals surface area contributed by atoms with Crippen LogP contribution in [0.4, 0.5) is 0 Å². The van der Waals surface area contributed by atoms with Crippen molar-refractivity contribution in [2.75, 3.05) is 0 Å². The Bertz CT molecular complexity index is 706. The first kappa shape index (κ1) is 12.4. The van der Waals surface area contributed by atoms with Crippen LogP contribution in [0.5, 0.6) is 0 Å². The van der Waals surface area contributed by atoms with E-state index in [4.69, 9.17) is 23.2 Å². The first-order valence-electron chi connectivity index (χ1n) is 5.73. The van der Waals surface area contributed by atoms with Gasteiger partial charge in [-0.05, 0) is 11.1 Å². The number of aromatic nitrogens is 4. The normalized spacial score (nSPS) is 11.1. The van der Waals surface area contributed by atoms with E-state index < -0.39 is 0 Å². The second-order valence-corrected chi connectivity index (χ2v) is 4.78. The van der Waals surface area contributed by atoms with Crippen LogP contribution in [0.15, 0.2) is 36.9 Å². The minimum atomic E-state index is 0.417. The van der Waals surface area contributed by atoms with E-state index in [1.54, 1.807) is 6.33 Å². The van der Waals surface area contributed by atoms with Gasteiger partial charge in [0.25, 0.3) is 0 Å². The molecule has 4 nitrogen and oxygen atoms in total. The van der Waals surface area contributed by atoms with Crippen molar-refractivity contribution in [1.29, 1.82) is 0 Å². The van der Waals surface area contributed by atoms with Crippen LogP contribution in [-0.4, -0.2) is 19.5 Å². The number of fused-ring (bicyclic) bond motifs is 1. The molecule has 0 unspecified atom stereocenters. The van der Waals surface area contributed by atoms with Gasteiger partial charge in [-0.25, -0.2) is 15.0 Å². The molecule has 3 rings (SSSR count). The van der Waals surface area contributed by atoms with E-state index >= 15 is 0 Å². The van der Waals surface area contributed by atoms with Gasteiger partial charge >= 0.3 is 0 Å². The van der Waals surface area contributed by atoms with Gasteiger partial charge in [0.15, 0.2) is 10.8 Å². The molecule has 0 amide bonds. The SMILES string of the molecule is ClCc1ccc(Cn2cnc3ncnc(Cl)c32)cc1. The molecular formula is C13H10Cl2N4. The van der Waals surface area contributed by atoms with Gasteiger partial charge in [-0.15, -0.1) is 11.6 Å².